The van der Waals surface area contributed by atoms with E-state index in [9.17, 15) is 18.0 Å². The van der Waals surface area contributed by atoms with Gasteiger partial charge in [-0.05, 0) is 55.3 Å². The average Bonchev–Trinajstić information content (AvgIpc) is 3.55. The first kappa shape index (κ1) is 21.9. The normalized spacial score (nSPS) is 13.7. The van der Waals surface area contributed by atoms with Crippen molar-refractivity contribution < 1.29 is 22.7 Å². The molecule has 1 amide bonds. The van der Waals surface area contributed by atoms with E-state index in [1.54, 1.807) is 36.5 Å². The third-order valence-corrected chi connectivity index (χ3v) is 5.39. The Morgan fingerprint density at radius 1 is 1.09 bits per heavy atom. The number of alkyl halides is 3. The van der Waals surface area contributed by atoms with Gasteiger partial charge in [0.05, 0.1) is 16.8 Å². The van der Waals surface area contributed by atoms with Crippen molar-refractivity contribution in [3.8, 4) is 11.6 Å². The van der Waals surface area contributed by atoms with Crippen molar-refractivity contribution in [3.05, 3.63) is 78.4 Å². The SMILES string of the molecule is O=C(Nc1cccc(C(F)(F)F)c1)n1ccc2cc(Oc3cc(CNC4CC4)ncn3)ccc21. The Morgan fingerprint density at radius 3 is 2.74 bits per heavy atom. The van der Waals surface area contributed by atoms with Crippen molar-refractivity contribution in [2.75, 3.05) is 5.32 Å². The summed E-state index contributed by atoms with van der Waals surface area (Å²) in [6.45, 7) is 0.645. The molecular weight excluding hydrogens is 447 g/mol. The number of rotatable bonds is 6. The van der Waals surface area contributed by atoms with E-state index >= 15 is 0 Å². The number of fused-ring (bicyclic) bond motifs is 1. The molecule has 2 aromatic heterocycles. The van der Waals surface area contributed by atoms with Gasteiger partial charge in [0.2, 0.25) is 5.88 Å². The maximum atomic E-state index is 12.9. The third-order valence-electron chi connectivity index (χ3n) is 5.39. The first-order chi connectivity index (χ1) is 16.3. The summed E-state index contributed by atoms with van der Waals surface area (Å²) in [7, 11) is 0. The van der Waals surface area contributed by atoms with E-state index in [4.69, 9.17) is 4.74 Å². The van der Waals surface area contributed by atoms with Gasteiger partial charge in [-0.25, -0.2) is 14.8 Å². The van der Waals surface area contributed by atoms with Crippen LogP contribution in [0.5, 0.6) is 11.6 Å². The summed E-state index contributed by atoms with van der Waals surface area (Å²) in [4.78, 5) is 21.1. The minimum Gasteiger partial charge on any atom is -0.439 e. The lowest BCUT2D eigenvalue weighted by Crippen LogP contribution is -2.18. The molecule has 0 unspecified atom stereocenters. The van der Waals surface area contributed by atoms with E-state index in [-0.39, 0.29) is 5.69 Å². The molecule has 4 aromatic rings. The minimum atomic E-state index is -4.49. The highest BCUT2D eigenvalue weighted by Gasteiger charge is 2.30. The molecule has 0 atom stereocenters. The van der Waals surface area contributed by atoms with Crippen LogP contribution in [0.15, 0.2) is 67.1 Å². The summed E-state index contributed by atoms with van der Waals surface area (Å²) in [5, 5.41) is 6.61. The predicted octanol–water partition coefficient (Wildman–Crippen LogP) is 5.57. The average molecular weight is 467 g/mol. The lowest BCUT2D eigenvalue weighted by molar-refractivity contribution is -0.137. The summed E-state index contributed by atoms with van der Waals surface area (Å²) in [6.07, 6.45) is 0.879. The fraction of sp³-hybridized carbons (Fsp3) is 0.208. The standard InChI is InChI=1S/C24H20F3N5O2/c25-24(26,27)16-2-1-3-18(11-16)31-23(33)32-9-8-15-10-20(6-7-21(15)32)34-22-12-19(29-14-30-22)13-28-17-4-5-17/h1-3,6-12,14,17,28H,4-5,13H2,(H,31,33). The molecule has 0 radical (unpaired) electrons. The number of benzene rings is 2. The van der Waals surface area contributed by atoms with Gasteiger partial charge in [-0.1, -0.05) is 6.07 Å². The van der Waals surface area contributed by atoms with Crippen LogP contribution in [0.1, 0.15) is 24.1 Å². The van der Waals surface area contributed by atoms with Crippen LogP contribution >= 0.6 is 0 Å². The number of nitrogens with one attached hydrogen (secondary N) is 2. The van der Waals surface area contributed by atoms with Gasteiger partial charge in [0.15, 0.2) is 0 Å². The molecule has 0 saturated heterocycles. The second kappa shape index (κ2) is 8.79. The number of nitrogens with zero attached hydrogens (tertiary/aromatic N) is 3. The molecule has 0 aliphatic heterocycles. The molecule has 7 nitrogen and oxygen atoms in total. The van der Waals surface area contributed by atoms with E-state index < -0.39 is 17.8 Å². The summed E-state index contributed by atoms with van der Waals surface area (Å²) in [5.41, 5.74) is 0.627. The van der Waals surface area contributed by atoms with Crippen molar-refractivity contribution in [2.24, 2.45) is 0 Å². The Balaban J connectivity index is 1.30. The van der Waals surface area contributed by atoms with E-state index in [0.29, 0.717) is 29.7 Å². The van der Waals surface area contributed by atoms with Crippen LogP contribution in [-0.2, 0) is 12.7 Å². The predicted molar refractivity (Wildman–Crippen MR) is 120 cm³/mol. The Labute approximate surface area is 192 Å². The molecule has 1 aliphatic rings. The number of carbonyl (C=O) groups is 1. The molecule has 2 heterocycles. The maximum Gasteiger partial charge on any atom is 0.416 e. The molecule has 1 saturated carbocycles. The Kier molecular flexibility index (Phi) is 5.66. The van der Waals surface area contributed by atoms with E-state index in [1.807, 2.05) is 0 Å². The highest BCUT2D eigenvalue weighted by atomic mass is 19.4. The van der Waals surface area contributed by atoms with Crippen molar-refractivity contribution >= 4 is 22.6 Å². The highest BCUT2D eigenvalue weighted by Crippen LogP contribution is 2.31. The van der Waals surface area contributed by atoms with Crippen LogP contribution in [0.25, 0.3) is 10.9 Å². The number of hydrogen-bond donors (Lipinski definition) is 2. The Hall–Kier alpha value is -3.92. The number of halogens is 3. The monoisotopic (exact) mass is 467 g/mol. The minimum absolute atomic E-state index is 0.0531. The summed E-state index contributed by atoms with van der Waals surface area (Å²) in [5.74, 6) is 0.937. The number of amides is 1. The van der Waals surface area contributed by atoms with Gasteiger partial charge in [-0.15, -0.1) is 0 Å². The van der Waals surface area contributed by atoms with Gasteiger partial charge in [-0.3, -0.25) is 4.57 Å². The topological polar surface area (TPSA) is 81.1 Å². The lowest BCUT2D eigenvalue weighted by Gasteiger charge is -2.11. The van der Waals surface area contributed by atoms with Crippen LogP contribution in [0.2, 0.25) is 0 Å². The van der Waals surface area contributed by atoms with Crippen molar-refractivity contribution in [2.45, 2.75) is 31.6 Å². The molecule has 5 rings (SSSR count). The fourth-order valence-corrected chi connectivity index (χ4v) is 3.50. The molecule has 0 spiro atoms. The zero-order chi connectivity index (χ0) is 23.7. The molecule has 174 valence electrons. The van der Waals surface area contributed by atoms with Crippen LogP contribution in [0, 0.1) is 0 Å². The first-order valence-corrected chi connectivity index (χ1v) is 10.7. The molecule has 34 heavy (non-hydrogen) atoms. The van der Waals surface area contributed by atoms with Crippen molar-refractivity contribution in [3.63, 3.8) is 0 Å². The number of carbonyl (C=O) groups excluding carboxylic acids is 1. The van der Waals surface area contributed by atoms with Gasteiger partial charge >= 0.3 is 12.2 Å². The molecule has 1 fully saturated rings. The second-order valence-corrected chi connectivity index (χ2v) is 8.02. The quantitative estimate of drug-likeness (QED) is 0.387. The first-order valence-electron chi connectivity index (χ1n) is 10.7. The van der Waals surface area contributed by atoms with Crippen LogP contribution in [0.4, 0.5) is 23.7 Å². The van der Waals surface area contributed by atoms with Gasteiger partial charge in [-0.2, -0.15) is 13.2 Å². The third kappa shape index (κ3) is 5.01. The van der Waals surface area contributed by atoms with Gasteiger partial charge in [0.25, 0.3) is 0 Å². The Morgan fingerprint density at radius 2 is 1.94 bits per heavy atom. The van der Waals surface area contributed by atoms with E-state index in [0.717, 1.165) is 23.2 Å². The molecule has 10 heteroatoms. The number of ether oxygens (including phenoxy) is 1. The van der Waals surface area contributed by atoms with Gasteiger partial charge < -0.3 is 15.4 Å². The van der Waals surface area contributed by atoms with Gasteiger partial charge in [0, 0.05) is 35.9 Å². The summed E-state index contributed by atoms with van der Waals surface area (Å²) < 4.78 is 46.0. The maximum absolute atomic E-state index is 12.9. The highest BCUT2D eigenvalue weighted by molar-refractivity contribution is 5.98. The molecule has 0 bridgehead atoms. The number of anilines is 1. The second-order valence-electron chi connectivity index (χ2n) is 8.02. The van der Waals surface area contributed by atoms with E-state index in [1.165, 1.54) is 35.9 Å². The molecule has 1 aliphatic carbocycles. The van der Waals surface area contributed by atoms with Crippen molar-refractivity contribution in [1.82, 2.24) is 19.9 Å². The summed E-state index contributed by atoms with van der Waals surface area (Å²) >= 11 is 0. The van der Waals surface area contributed by atoms with Gasteiger partial charge in [0.1, 0.15) is 12.1 Å². The summed E-state index contributed by atoms with van der Waals surface area (Å²) in [6, 6.07) is 13.1. The number of aromatic nitrogens is 3. The number of hydrogen-bond acceptors (Lipinski definition) is 5. The fourth-order valence-electron chi connectivity index (χ4n) is 3.50. The zero-order valence-electron chi connectivity index (χ0n) is 17.8. The molecule has 2 aromatic carbocycles. The van der Waals surface area contributed by atoms with Crippen LogP contribution < -0.4 is 15.4 Å². The van der Waals surface area contributed by atoms with Crippen LogP contribution in [0.3, 0.4) is 0 Å². The Bertz CT molecular complexity index is 1350. The largest absolute Gasteiger partial charge is 0.439 e. The smallest absolute Gasteiger partial charge is 0.416 e. The molecule has 2 N–H and O–H groups in total. The van der Waals surface area contributed by atoms with E-state index in [2.05, 4.69) is 20.6 Å². The lowest BCUT2D eigenvalue weighted by atomic mass is 10.2. The molecular formula is C24H20F3N5O2. The van der Waals surface area contributed by atoms with Crippen LogP contribution in [-0.4, -0.2) is 26.6 Å². The zero-order valence-corrected chi connectivity index (χ0v) is 17.8. The van der Waals surface area contributed by atoms with Crippen molar-refractivity contribution in [1.29, 1.82) is 0 Å².